The standard InChI is InChI=1S/C3H5.C2H5.Zn/c1-3-2;1-2;/h1H2,2H3;1H2,2H3;/q2*-1;+2. The van der Waals surface area contributed by atoms with Gasteiger partial charge >= 0.3 is 19.5 Å². The van der Waals surface area contributed by atoms with Crippen molar-refractivity contribution in [1.82, 2.24) is 0 Å². The average molecular weight is 136 g/mol. The van der Waals surface area contributed by atoms with Crippen molar-refractivity contribution in [2.45, 2.75) is 13.8 Å². The van der Waals surface area contributed by atoms with Crippen LogP contribution in [0.4, 0.5) is 0 Å². The molecule has 0 aliphatic carbocycles. The Morgan fingerprint density at radius 3 is 1.50 bits per heavy atom. The van der Waals surface area contributed by atoms with Gasteiger partial charge < -0.3 is 13.0 Å². The largest absolute Gasteiger partial charge is 2.00 e. The van der Waals surface area contributed by atoms with Gasteiger partial charge in [-0.25, -0.2) is 0 Å². The maximum Gasteiger partial charge on any atom is 2.00 e. The van der Waals surface area contributed by atoms with Crippen molar-refractivity contribution in [3.05, 3.63) is 19.6 Å². The van der Waals surface area contributed by atoms with Crippen LogP contribution in [0.3, 0.4) is 0 Å². The van der Waals surface area contributed by atoms with Crippen molar-refractivity contribution >= 4 is 0 Å². The Hall–Kier alpha value is 0.363. The minimum absolute atomic E-state index is 0. The summed E-state index contributed by atoms with van der Waals surface area (Å²) in [4.78, 5) is 0. The van der Waals surface area contributed by atoms with Crippen LogP contribution < -0.4 is 0 Å². The summed E-state index contributed by atoms with van der Waals surface area (Å²) < 4.78 is 0. The van der Waals surface area contributed by atoms with Crippen LogP contribution in [0.1, 0.15) is 13.8 Å². The van der Waals surface area contributed by atoms with Crippen LogP contribution in [0.5, 0.6) is 0 Å². The summed E-state index contributed by atoms with van der Waals surface area (Å²) >= 11 is 0. The summed E-state index contributed by atoms with van der Waals surface area (Å²) in [6.07, 6.45) is 2.50. The van der Waals surface area contributed by atoms with Gasteiger partial charge in [-0.05, 0) is 0 Å². The normalized spacial score (nSPS) is 3.17. The van der Waals surface area contributed by atoms with Gasteiger partial charge in [0.25, 0.3) is 0 Å². The first-order valence-electron chi connectivity index (χ1n) is 1.56. The summed E-state index contributed by atoms with van der Waals surface area (Å²) in [6.45, 7) is 10.0. The Morgan fingerprint density at radius 1 is 1.50 bits per heavy atom. The second-order valence-corrected chi connectivity index (χ2v) is 0.354. The molecule has 0 atom stereocenters. The van der Waals surface area contributed by atoms with Gasteiger partial charge in [0.15, 0.2) is 0 Å². The van der Waals surface area contributed by atoms with Gasteiger partial charge in [-0.15, -0.1) is 0 Å². The molecule has 0 rings (SSSR count). The van der Waals surface area contributed by atoms with Crippen molar-refractivity contribution in [1.29, 1.82) is 0 Å². The predicted octanol–water partition coefficient (Wildman–Crippen LogP) is 1.83. The van der Waals surface area contributed by atoms with E-state index in [0.29, 0.717) is 0 Å². The van der Waals surface area contributed by atoms with Gasteiger partial charge in [-0.3, -0.25) is 6.58 Å². The van der Waals surface area contributed by atoms with E-state index in [0.717, 1.165) is 0 Å². The summed E-state index contributed by atoms with van der Waals surface area (Å²) in [6, 6.07) is 0. The van der Waals surface area contributed by atoms with E-state index in [4.69, 9.17) is 0 Å². The maximum absolute atomic E-state index is 3.25. The molecule has 1 heteroatoms. The van der Waals surface area contributed by atoms with Crippen molar-refractivity contribution in [2.75, 3.05) is 0 Å². The molecule has 0 spiro atoms. The molecule has 0 aliphatic heterocycles. The average Bonchev–Trinajstić information content (AvgIpc) is 1.46. The molecule has 0 saturated carbocycles. The van der Waals surface area contributed by atoms with Crippen molar-refractivity contribution in [2.24, 2.45) is 0 Å². The first kappa shape index (κ1) is 16.2. The van der Waals surface area contributed by atoms with Gasteiger partial charge in [0.1, 0.15) is 0 Å². The van der Waals surface area contributed by atoms with Crippen LogP contribution in [-0.2, 0) is 19.5 Å². The first-order chi connectivity index (χ1) is 2.41. The van der Waals surface area contributed by atoms with Gasteiger partial charge in [-0.2, -0.15) is 13.8 Å². The van der Waals surface area contributed by atoms with Crippen molar-refractivity contribution in [3.63, 3.8) is 0 Å². The third-order valence-corrected chi connectivity index (χ3v) is 0. The van der Waals surface area contributed by atoms with E-state index >= 15 is 0 Å². The van der Waals surface area contributed by atoms with Gasteiger partial charge in [0.05, 0.1) is 0 Å². The van der Waals surface area contributed by atoms with Crippen LogP contribution in [0, 0.1) is 13.0 Å². The zero-order chi connectivity index (χ0) is 4.71. The molecule has 6 heavy (non-hydrogen) atoms. The predicted molar refractivity (Wildman–Crippen MR) is 25.6 cm³/mol. The SMILES string of the molecule is C=[C-]C.[CH2-]C.[Zn+2]. The molecule has 0 saturated heterocycles. The first-order valence-corrected chi connectivity index (χ1v) is 1.56. The quantitative estimate of drug-likeness (QED) is 0.351. The Bertz CT molecular complexity index is 11.4. The molecule has 0 aromatic heterocycles. The third-order valence-electron chi connectivity index (χ3n) is 0. The van der Waals surface area contributed by atoms with Crippen LogP contribution >= 0.6 is 0 Å². The van der Waals surface area contributed by atoms with Crippen LogP contribution in [-0.4, -0.2) is 0 Å². The second kappa shape index (κ2) is 54.9. The minimum atomic E-state index is 0. The Balaban J connectivity index is -0.0000000275. The molecule has 0 N–H and O–H groups in total. The third kappa shape index (κ3) is 374. The second-order valence-electron chi connectivity index (χ2n) is 0.354. The van der Waals surface area contributed by atoms with E-state index < -0.39 is 0 Å². The number of rotatable bonds is 0. The Kier molecular flexibility index (Phi) is 148. The number of hydrogen-bond acceptors (Lipinski definition) is 0. The summed E-state index contributed by atoms with van der Waals surface area (Å²) in [5, 5.41) is 0. The molecule has 0 amide bonds. The molecule has 0 aromatic rings. The smallest absolute Gasteiger partial charge is 0.507 e. The Morgan fingerprint density at radius 2 is 1.50 bits per heavy atom. The van der Waals surface area contributed by atoms with E-state index in [2.05, 4.69) is 19.6 Å². The van der Waals surface area contributed by atoms with Crippen LogP contribution in [0.15, 0.2) is 6.58 Å². The van der Waals surface area contributed by atoms with Crippen LogP contribution in [0.2, 0.25) is 0 Å². The van der Waals surface area contributed by atoms with E-state index in [1.807, 2.05) is 0 Å². The number of allylic oxidation sites excluding steroid dienone is 1. The molecule has 32 valence electrons. The molecule has 0 heterocycles. The van der Waals surface area contributed by atoms with Crippen LogP contribution in [0.25, 0.3) is 0 Å². The molecule has 0 bridgehead atoms. The van der Waals surface area contributed by atoms with Crippen molar-refractivity contribution in [3.8, 4) is 0 Å². The molecule has 0 fully saturated rings. The monoisotopic (exact) mass is 134 g/mol. The zero-order valence-corrected chi connectivity index (χ0v) is 7.59. The molecule has 0 aromatic carbocycles. The fraction of sp³-hybridized carbons (Fsp3) is 0.400. The topological polar surface area (TPSA) is 0 Å². The van der Waals surface area contributed by atoms with E-state index in [-0.39, 0.29) is 19.5 Å². The summed E-state index contributed by atoms with van der Waals surface area (Å²) in [7, 11) is 0. The molecular formula is C5H10Zn. The van der Waals surface area contributed by atoms with E-state index in [1.165, 1.54) is 0 Å². The minimum Gasteiger partial charge on any atom is -0.507 e. The molecule has 0 unspecified atom stereocenters. The summed E-state index contributed by atoms with van der Waals surface area (Å²) in [5.74, 6) is 0. The Labute approximate surface area is 53.4 Å². The van der Waals surface area contributed by atoms with E-state index in [1.54, 1.807) is 13.8 Å². The van der Waals surface area contributed by atoms with Gasteiger partial charge in [0.2, 0.25) is 0 Å². The fourth-order valence-electron chi connectivity index (χ4n) is 0. The molecule has 0 aliphatic rings. The maximum atomic E-state index is 3.25. The van der Waals surface area contributed by atoms with Crippen molar-refractivity contribution < 1.29 is 19.5 Å². The van der Waals surface area contributed by atoms with Gasteiger partial charge in [-0.1, -0.05) is 0 Å². The molecule has 0 nitrogen and oxygen atoms in total. The summed E-state index contributed by atoms with van der Waals surface area (Å²) in [5.41, 5.74) is 0. The zero-order valence-electron chi connectivity index (χ0n) is 4.62. The fourth-order valence-corrected chi connectivity index (χ4v) is 0. The van der Waals surface area contributed by atoms with Gasteiger partial charge in [0, 0.05) is 0 Å². The van der Waals surface area contributed by atoms with E-state index in [9.17, 15) is 0 Å². The molecular weight excluding hydrogens is 125 g/mol. The number of hydrogen-bond donors (Lipinski definition) is 0. The molecule has 0 radical (unpaired) electrons.